The van der Waals surface area contributed by atoms with E-state index >= 15 is 0 Å². The van der Waals surface area contributed by atoms with Gasteiger partial charge in [0.2, 0.25) is 0 Å². The molecular weight excluding hydrogens is 224 g/mol. The van der Waals surface area contributed by atoms with E-state index in [2.05, 4.69) is 40.1 Å². The molecule has 0 unspecified atom stereocenters. The van der Waals surface area contributed by atoms with Gasteiger partial charge in [-0.1, -0.05) is 13.0 Å². The lowest BCUT2D eigenvalue weighted by molar-refractivity contribution is 1.02. The first kappa shape index (κ1) is 10.6. The Bertz CT molecular complexity index is 392. The lowest BCUT2D eigenvalue weighted by atomic mass is 10.3. The highest BCUT2D eigenvalue weighted by molar-refractivity contribution is 7.13. The van der Waals surface area contributed by atoms with Gasteiger partial charge in [0.15, 0.2) is 5.13 Å². The lowest BCUT2D eigenvalue weighted by Crippen LogP contribution is -2.03. The molecule has 0 bridgehead atoms. The Morgan fingerprint density at radius 1 is 1.40 bits per heavy atom. The second kappa shape index (κ2) is 5.28. The predicted octanol–water partition coefficient (Wildman–Crippen LogP) is 3.42. The Labute approximate surface area is 98.0 Å². The van der Waals surface area contributed by atoms with Crippen LogP contribution < -0.4 is 5.32 Å². The van der Waals surface area contributed by atoms with Gasteiger partial charge in [-0.05, 0) is 24.3 Å². The van der Waals surface area contributed by atoms with Gasteiger partial charge >= 0.3 is 0 Å². The second-order valence-electron chi connectivity index (χ2n) is 3.25. The standard InChI is InChI=1S/C11H14N2S2/c1-2-9-8-15-11(13-9)12-6-5-10-4-3-7-14-10/h3-4,7-8H,2,5-6H2,1H3,(H,12,13). The molecule has 80 valence electrons. The summed E-state index contributed by atoms with van der Waals surface area (Å²) in [4.78, 5) is 5.88. The maximum atomic E-state index is 4.46. The zero-order valence-electron chi connectivity index (χ0n) is 8.69. The lowest BCUT2D eigenvalue weighted by Gasteiger charge is -1.99. The van der Waals surface area contributed by atoms with Crippen molar-refractivity contribution in [3.05, 3.63) is 33.5 Å². The molecule has 0 spiro atoms. The first-order valence-electron chi connectivity index (χ1n) is 5.09. The van der Waals surface area contributed by atoms with E-state index < -0.39 is 0 Å². The zero-order chi connectivity index (χ0) is 10.5. The van der Waals surface area contributed by atoms with Crippen LogP contribution in [0.2, 0.25) is 0 Å². The van der Waals surface area contributed by atoms with Gasteiger partial charge in [0.05, 0.1) is 5.69 Å². The van der Waals surface area contributed by atoms with Gasteiger partial charge in [-0.25, -0.2) is 4.98 Å². The number of aryl methyl sites for hydroxylation is 1. The van der Waals surface area contributed by atoms with Crippen molar-refractivity contribution in [3.8, 4) is 0 Å². The molecule has 0 saturated carbocycles. The van der Waals surface area contributed by atoms with Crippen LogP contribution >= 0.6 is 22.7 Å². The van der Waals surface area contributed by atoms with Crippen molar-refractivity contribution < 1.29 is 0 Å². The number of nitrogens with one attached hydrogen (secondary N) is 1. The van der Waals surface area contributed by atoms with Crippen LogP contribution in [0.1, 0.15) is 17.5 Å². The van der Waals surface area contributed by atoms with Crippen molar-refractivity contribution >= 4 is 27.8 Å². The van der Waals surface area contributed by atoms with Crippen LogP contribution in [0, 0.1) is 0 Å². The molecule has 2 aromatic rings. The molecule has 15 heavy (non-hydrogen) atoms. The third kappa shape index (κ3) is 3.04. The number of hydrogen-bond donors (Lipinski definition) is 1. The molecule has 0 radical (unpaired) electrons. The quantitative estimate of drug-likeness (QED) is 0.863. The van der Waals surface area contributed by atoms with E-state index in [9.17, 15) is 0 Å². The van der Waals surface area contributed by atoms with Crippen LogP contribution in [0.25, 0.3) is 0 Å². The minimum absolute atomic E-state index is 0.969. The van der Waals surface area contributed by atoms with Crippen molar-refractivity contribution in [1.29, 1.82) is 0 Å². The number of aromatic nitrogens is 1. The summed E-state index contributed by atoms with van der Waals surface area (Å²) in [5, 5.41) is 8.63. The highest BCUT2D eigenvalue weighted by Gasteiger charge is 1.99. The van der Waals surface area contributed by atoms with E-state index in [-0.39, 0.29) is 0 Å². The van der Waals surface area contributed by atoms with Gasteiger partial charge in [0, 0.05) is 16.8 Å². The molecule has 0 aliphatic carbocycles. The number of thiazole rings is 1. The van der Waals surface area contributed by atoms with E-state index in [0.717, 1.165) is 24.5 Å². The maximum absolute atomic E-state index is 4.46. The van der Waals surface area contributed by atoms with E-state index in [1.54, 1.807) is 11.3 Å². The summed E-state index contributed by atoms with van der Waals surface area (Å²) in [5.74, 6) is 0. The highest BCUT2D eigenvalue weighted by Crippen LogP contribution is 2.16. The first-order valence-corrected chi connectivity index (χ1v) is 6.85. The molecule has 0 atom stereocenters. The smallest absolute Gasteiger partial charge is 0.182 e. The Morgan fingerprint density at radius 2 is 2.33 bits per heavy atom. The van der Waals surface area contributed by atoms with Gasteiger partial charge in [-0.15, -0.1) is 22.7 Å². The largest absolute Gasteiger partial charge is 0.361 e. The number of hydrogen-bond acceptors (Lipinski definition) is 4. The number of nitrogens with zero attached hydrogens (tertiary/aromatic N) is 1. The maximum Gasteiger partial charge on any atom is 0.182 e. The normalized spacial score (nSPS) is 10.5. The molecule has 4 heteroatoms. The molecule has 0 amide bonds. The van der Waals surface area contributed by atoms with Gasteiger partial charge in [-0.2, -0.15) is 0 Å². The van der Waals surface area contributed by atoms with Gasteiger partial charge in [-0.3, -0.25) is 0 Å². The van der Waals surface area contributed by atoms with Gasteiger partial charge < -0.3 is 5.32 Å². The predicted molar refractivity (Wildman–Crippen MR) is 68.0 cm³/mol. The SMILES string of the molecule is CCc1csc(NCCc2cccs2)n1. The van der Waals surface area contributed by atoms with Crippen molar-refractivity contribution in [3.63, 3.8) is 0 Å². The van der Waals surface area contributed by atoms with Crippen LogP contribution in [-0.2, 0) is 12.8 Å². The average molecular weight is 238 g/mol. The molecule has 2 rings (SSSR count). The van der Waals surface area contributed by atoms with Gasteiger partial charge in [0.25, 0.3) is 0 Å². The van der Waals surface area contributed by atoms with Crippen LogP contribution in [0.3, 0.4) is 0 Å². The third-order valence-corrected chi connectivity index (χ3v) is 3.93. The minimum Gasteiger partial charge on any atom is -0.361 e. The van der Waals surface area contributed by atoms with Crippen molar-refractivity contribution in [2.45, 2.75) is 19.8 Å². The molecule has 2 aromatic heterocycles. The number of rotatable bonds is 5. The fourth-order valence-corrected chi connectivity index (χ4v) is 2.83. The molecule has 1 N–H and O–H groups in total. The molecule has 2 heterocycles. The summed E-state index contributed by atoms with van der Waals surface area (Å²) in [7, 11) is 0. The van der Waals surface area contributed by atoms with Crippen LogP contribution in [0.15, 0.2) is 22.9 Å². The molecule has 0 fully saturated rings. The Kier molecular flexibility index (Phi) is 3.75. The average Bonchev–Trinajstić information content (AvgIpc) is 2.88. The highest BCUT2D eigenvalue weighted by atomic mass is 32.1. The summed E-state index contributed by atoms with van der Waals surface area (Å²) in [5.41, 5.74) is 1.18. The number of anilines is 1. The van der Waals surface area contributed by atoms with E-state index in [1.807, 2.05) is 11.3 Å². The van der Waals surface area contributed by atoms with E-state index in [0.29, 0.717) is 0 Å². The Hall–Kier alpha value is -0.870. The minimum atomic E-state index is 0.969. The fraction of sp³-hybridized carbons (Fsp3) is 0.364. The monoisotopic (exact) mass is 238 g/mol. The molecule has 0 aromatic carbocycles. The first-order chi connectivity index (χ1) is 7.38. The van der Waals surface area contributed by atoms with Crippen molar-refractivity contribution in [2.24, 2.45) is 0 Å². The summed E-state index contributed by atoms with van der Waals surface area (Å²) < 4.78 is 0. The Morgan fingerprint density at radius 3 is 3.00 bits per heavy atom. The van der Waals surface area contributed by atoms with E-state index in [1.165, 1.54) is 10.6 Å². The zero-order valence-corrected chi connectivity index (χ0v) is 10.3. The third-order valence-electron chi connectivity index (χ3n) is 2.14. The summed E-state index contributed by atoms with van der Waals surface area (Å²) in [6, 6.07) is 4.27. The van der Waals surface area contributed by atoms with Crippen molar-refractivity contribution in [2.75, 3.05) is 11.9 Å². The molecule has 0 saturated heterocycles. The van der Waals surface area contributed by atoms with Crippen LogP contribution in [-0.4, -0.2) is 11.5 Å². The summed E-state index contributed by atoms with van der Waals surface area (Å²) in [6.07, 6.45) is 2.10. The van der Waals surface area contributed by atoms with Crippen molar-refractivity contribution in [1.82, 2.24) is 4.98 Å². The molecular formula is C11H14N2S2. The van der Waals surface area contributed by atoms with Crippen LogP contribution in [0.4, 0.5) is 5.13 Å². The summed E-state index contributed by atoms with van der Waals surface area (Å²) in [6.45, 7) is 3.10. The number of thiophene rings is 1. The summed E-state index contributed by atoms with van der Waals surface area (Å²) >= 11 is 3.50. The second-order valence-corrected chi connectivity index (χ2v) is 5.14. The topological polar surface area (TPSA) is 24.9 Å². The Balaban J connectivity index is 1.78. The van der Waals surface area contributed by atoms with E-state index in [4.69, 9.17) is 0 Å². The van der Waals surface area contributed by atoms with Crippen LogP contribution in [0.5, 0.6) is 0 Å². The molecule has 0 aliphatic heterocycles. The molecule has 0 aliphatic rings. The van der Waals surface area contributed by atoms with Gasteiger partial charge in [0.1, 0.15) is 0 Å². The fourth-order valence-electron chi connectivity index (χ4n) is 1.30. The molecule has 2 nitrogen and oxygen atoms in total.